The molecule has 1 aromatic carbocycles. The minimum atomic E-state index is 0.300. The molecule has 2 unspecified atom stereocenters. The number of rotatable bonds is 2. The van der Waals surface area contributed by atoms with Gasteiger partial charge in [0.2, 0.25) is 0 Å². The molecule has 94 valence electrons. The van der Waals surface area contributed by atoms with Crippen molar-refractivity contribution in [1.29, 1.82) is 0 Å². The molecule has 0 spiro atoms. The Morgan fingerprint density at radius 1 is 1.29 bits per heavy atom. The molecule has 0 bridgehead atoms. The van der Waals surface area contributed by atoms with Gasteiger partial charge in [-0.2, -0.15) is 0 Å². The lowest BCUT2D eigenvalue weighted by Crippen LogP contribution is -2.28. The summed E-state index contributed by atoms with van der Waals surface area (Å²) in [5.74, 6) is 0.995. The highest BCUT2D eigenvalue weighted by atomic mass is 16.3. The summed E-state index contributed by atoms with van der Waals surface area (Å²) in [6.07, 6.45) is 0. The van der Waals surface area contributed by atoms with E-state index in [1.165, 1.54) is 5.56 Å². The Morgan fingerprint density at radius 3 is 2.35 bits per heavy atom. The Bertz CT molecular complexity index is 384. The van der Waals surface area contributed by atoms with Crippen LogP contribution in [0.1, 0.15) is 23.6 Å². The number of phenolic OH excluding ortho intramolecular Hbond substituents is 1. The summed E-state index contributed by atoms with van der Waals surface area (Å²) in [5.41, 5.74) is 9.20. The molecule has 17 heavy (non-hydrogen) atoms. The number of hydrogen-bond donors (Lipinski definition) is 2. The Hall–Kier alpha value is -1.06. The fraction of sp³-hybridized carbons (Fsp3) is 0.571. The van der Waals surface area contributed by atoms with E-state index < -0.39 is 0 Å². The number of phenols is 1. The van der Waals surface area contributed by atoms with Crippen LogP contribution in [0.2, 0.25) is 0 Å². The maximum atomic E-state index is 9.74. The quantitative estimate of drug-likeness (QED) is 0.820. The van der Waals surface area contributed by atoms with Gasteiger partial charge in [0.15, 0.2) is 0 Å². The molecule has 0 radical (unpaired) electrons. The van der Waals surface area contributed by atoms with Crippen molar-refractivity contribution in [3.8, 4) is 5.75 Å². The van der Waals surface area contributed by atoms with E-state index in [0.29, 0.717) is 17.7 Å². The van der Waals surface area contributed by atoms with Gasteiger partial charge in [-0.1, -0.05) is 19.1 Å². The van der Waals surface area contributed by atoms with Crippen molar-refractivity contribution in [1.82, 2.24) is 4.90 Å². The van der Waals surface area contributed by atoms with Gasteiger partial charge in [0, 0.05) is 25.7 Å². The maximum Gasteiger partial charge on any atom is 0.121 e. The molecule has 1 fully saturated rings. The lowest BCUT2D eigenvalue weighted by molar-refractivity contribution is 0.318. The average Bonchev–Trinajstić information content (AvgIpc) is 2.54. The molecule has 1 aromatic rings. The van der Waals surface area contributed by atoms with Crippen LogP contribution in [0.15, 0.2) is 12.1 Å². The summed E-state index contributed by atoms with van der Waals surface area (Å²) < 4.78 is 0. The Morgan fingerprint density at radius 2 is 1.88 bits per heavy atom. The van der Waals surface area contributed by atoms with E-state index >= 15 is 0 Å². The van der Waals surface area contributed by atoms with E-state index in [4.69, 9.17) is 5.73 Å². The minimum Gasteiger partial charge on any atom is -0.507 e. The summed E-state index contributed by atoms with van der Waals surface area (Å²) >= 11 is 0. The zero-order chi connectivity index (χ0) is 12.6. The molecule has 1 heterocycles. The molecule has 1 aliphatic rings. The third kappa shape index (κ3) is 2.61. The molecule has 1 saturated heterocycles. The van der Waals surface area contributed by atoms with Crippen molar-refractivity contribution in [2.75, 3.05) is 13.1 Å². The number of nitrogens with zero attached hydrogens (tertiary/aromatic N) is 1. The van der Waals surface area contributed by atoms with Crippen molar-refractivity contribution in [3.05, 3.63) is 28.8 Å². The average molecular weight is 234 g/mol. The summed E-state index contributed by atoms with van der Waals surface area (Å²) in [4.78, 5) is 2.39. The molecule has 3 heteroatoms. The van der Waals surface area contributed by atoms with Gasteiger partial charge in [0.25, 0.3) is 0 Å². The smallest absolute Gasteiger partial charge is 0.121 e. The fourth-order valence-electron chi connectivity index (χ4n) is 2.62. The minimum absolute atomic E-state index is 0.300. The van der Waals surface area contributed by atoms with Gasteiger partial charge in [-0.25, -0.2) is 0 Å². The van der Waals surface area contributed by atoms with Crippen molar-refractivity contribution in [3.63, 3.8) is 0 Å². The molecular formula is C14H22N2O. The second-order valence-corrected chi connectivity index (χ2v) is 5.41. The standard InChI is InChI=1S/C14H22N2O/c1-9-4-12(5-10(2)14(9)17)7-16-6-11(3)13(15)8-16/h4-5,11,13,17H,6-8,15H2,1-3H3. The lowest BCUT2D eigenvalue weighted by atomic mass is 10.1. The van der Waals surface area contributed by atoms with E-state index in [1.807, 2.05) is 13.8 Å². The topological polar surface area (TPSA) is 49.5 Å². The van der Waals surface area contributed by atoms with Gasteiger partial charge in [-0.05, 0) is 36.5 Å². The SMILES string of the molecule is Cc1cc(CN2CC(C)C(N)C2)cc(C)c1O. The van der Waals surface area contributed by atoms with E-state index in [9.17, 15) is 5.11 Å². The number of hydrogen-bond acceptors (Lipinski definition) is 3. The van der Waals surface area contributed by atoms with Crippen LogP contribution in [0.25, 0.3) is 0 Å². The molecule has 2 rings (SSSR count). The van der Waals surface area contributed by atoms with E-state index in [-0.39, 0.29) is 0 Å². The van der Waals surface area contributed by atoms with Crippen LogP contribution < -0.4 is 5.73 Å². The van der Waals surface area contributed by atoms with Crippen LogP contribution in [0.5, 0.6) is 5.75 Å². The predicted molar refractivity (Wildman–Crippen MR) is 70.0 cm³/mol. The van der Waals surface area contributed by atoms with E-state index in [2.05, 4.69) is 24.0 Å². The van der Waals surface area contributed by atoms with Crippen LogP contribution in [-0.4, -0.2) is 29.1 Å². The van der Waals surface area contributed by atoms with Crippen LogP contribution in [-0.2, 0) is 6.54 Å². The summed E-state index contributed by atoms with van der Waals surface area (Å²) in [7, 11) is 0. The molecule has 0 aliphatic carbocycles. The monoisotopic (exact) mass is 234 g/mol. The first-order valence-electron chi connectivity index (χ1n) is 6.24. The second-order valence-electron chi connectivity index (χ2n) is 5.41. The number of aryl methyl sites for hydroxylation is 2. The van der Waals surface area contributed by atoms with Gasteiger partial charge in [0.05, 0.1) is 0 Å². The number of benzene rings is 1. The molecule has 0 saturated carbocycles. The second kappa shape index (κ2) is 4.67. The first kappa shape index (κ1) is 12.4. The third-order valence-electron chi connectivity index (χ3n) is 3.70. The first-order valence-corrected chi connectivity index (χ1v) is 6.24. The number of nitrogens with two attached hydrogens (primary N) is 1. The molecule has 0 amide bonds. The zero-order valence-corrected chi connectivity index (χ0v) is 10.9. The highest BCUT2D eigenvalue weighted by Crippen LogP contribution is 2.25. The zero-order valence-electron chi connectivity index (χ0n) is 10.9. The van der Waals surface area contributed by atoms with Crippen molar-refractivity contribution in [2.24, 2.45) is 11.7 Å². The lowest BCUT2D eigenvalue weighted by Gasteiger charge is -2.16. The van der Waals surface area contributed by atoms with Crippen LogP contribution in [0.4, 0.5) is 0 Å². The fourth-order valence-corrected chi connectivity index (χ4v) is 2.62. The summed E-state index contributed by atoms with van der Waals surface area (Å²) in [5, 5.41) is 9.74. The van der Waals surface area contributed by atoms with Crippen LogP contribution in [0.3, 0.4) is 0 Å². The van der Waals surface area contributed by atoms with Crippen LogP contribution in [0, 0.1) is 19.8 Å². The van der Waals surface area contributed by atoms with Crippen molar-refractivity contribution in [2.45, 2.75) is 33.4 Å². The third-order valence-corrected chi connectivity index (χ3v) is 3.70. The summed E-state index contributed by atoms with van der Waals surface area (Å²) in [6.45, 7) is 9.08. The van der Waals surface area contributed by atoms with Gasteiger partial charge in [-0.15, -0.1) is 0 Å². The highest BCUT2D eigenvalue weighted by molar-refractivity contribution is 5.42. The number of aromatic hydroxyl groups is 1. The van der Waals surface area contributed by atoms with Crippen molar-refractivity contribution >= 4 is 0 Å². The molecule has 1 aliphatic heterocycles. The first-order chi connectivity index (χ1) is 7.97. The molecule has 3 N–H and O–H groups in total. The Balaban J connectivity index is 2.10. The van der Waals surface area contributed by atoms with E-state index in [0.717, 1.165) is 30.8 Å². The maximum absolute atomic E-state index is 9.74. The van der Waals surface area contributed by atoms with Crippen molar-refractivity contribution < 1.29 is 5.11 Å². The largest absolute Gasteiger partial charge is 0.507 e. The van der Waals surface area contributed by atoms with Gasteiger partial charge < -0.3 is 10.8 Å². The summed E-state index contributed by atoms with van der Waals surface area (Å²) in [6, 6.07) is 4.43. The van der Waals surface area contributed by atoms with Gasteiger partial charge in [-0.3, -0.25) is 4.90 Å². The number of likely N-dealkylation sites (tertiary alicyclic amines) is 1. The molecule has 2 atom stereocenters. The molecule has 3 nitrogen and oxygen atoms in total. The predicted octanol–water partition coefficient (Wildman–Crippen LogP) is 1.79. The normalized spacial score (nSPS) is 25.4. The Labute approximate surface area is 103 Å². The highest BCUT2D eigenvalue weighted by Gasteiger charge is 2.26. The molecular weight excluding hydrogens is 212 g/mol. The van der Waals surface area contributed by atoms with E-state index in [1.54, 1.807) is 0 Å². The van der Waals surface area contributed by atoms with Crippen LogP contribution >= 0.6 is 0 Å². The van der Waals surface area contributed by atoms with Gasteiger partial charge in [0.1, 0.15) is 5.75 Å². The Kier molecular flexibility index (Phi) is 3.40. The van der Waals surface area contributed by atoms with Gasteiger partial charge >= 0.3 is 0 Å². The molecule has 0 aromatic heterocycles.